The Balaban J connectivity index is 2.12. The summed E-state index contributed by atoms with van der Waals surface area (Å²) in [6.07, 6.45) is -2.30. The molecule has 1 saturated heterocycles. The van der Waals surface area contributed by atoms with E-state index in [0.717, 1.165) is 0 Å². The molecule has 20 heavy (non-hydrogen) atoms. The van der Waals surface area contributed by atoms with E-state index in [1.165, 1.54) is 0 Å². The number of ether oxygens (including phenoxy) is 4. The highest BCUT2D eigenvalue weighted by Gasteiger charge is 2.23. The van der Waals surface area contributed by atoms with Crippen molar-refractivity contribution in [3.05, 3.63) is 0 Å². The quantitative estimate of drug-likeness (QED) is 0.350. The highest BCUT2D eigenvalue weighted by atomic mass is 16.6. The summed E-state index contributed by atoms with van der Waals surface area (Å²) in [4.78, 5) is 0. The van der Waals surface area contributed by atoms with Crippen molar-refractivity contribution in [1.82, 2.24) is 0 Å². The lowest BCUT2D eigenvalue weighted by Crippen LogP contribution is -2.42. The second-order valence-electron chi connectivity index (χ2n) is 4.67. The van der Waals surface area contributed by atoms with Gasteiger partial charge in [0.15, 0.2) is 0 Å². The molecule has 0 radical (unpaired) electrons. The third-order valence-electron chi connectivity index (χ3n) is 2.64. The molecule has 0 aromatic heterocycles. The van der Waals surface area contributed by atoms with Crippen molar-refractivity contribution in [3.63, 3.8) is 0 Å². The van der Waals surface area contributed by atoms with Gasteiger partial charge >= 0.3 is 0 Å². The Morgan fingerprint density at radius 3 is 1.75 bits per heavy atom. The van der Waals surface area contributed by atoms with E-state index in [1.807, 2.05) is 0 Å². The minimum absolute atomic E-state index is 0.0419. The van der Waals surface area contributed by atoms with Crippen LogP contribution in [0.2, 0.25) is 0 Å². The number of aliphatic hydroxyl groups excluding tert-OH is 4. The Morgan fingerprint density at radius 2 is 1.35 bits per heavy atom. The van der Waals surface area contributed by atoms with E-state index in [9.17, 15) is 0 Å². The Bertz CT molecular complexity index is 217. The van der Waals surface area contributed by atoms with E-state index >= 15 is 0 Å². The van der Waals surface area contributed by atoms with Crippen LogP contribution < -0.4 is 0 Å². The molecule has 0 amide bonds. The van der Waals surface area contributed by atoms with Gasteiger partial charge in [0.2, 0.25) is 0 Å². The van der Waals surface area contributed by atoms with Crippen LogP contribution in [0.15, 0.2) is 0 Å². The first kappa shape index (κ1) is 17.7. The van der Waals surface area contributed by atoms with Gasteiger partial charge in [0.25, 0.3) is 0 Å². The van der Waals surface area contributed by atoms with Gasteiger partial charge in [0.05, 0.1) is 52.9 Å². The Kier molecular flexibility index (Phi) is 9.23. The summed E-state index contributed by atoms with van der Waals surface area (Å²) in [7, 11) is 0. The van der Waals surface area contributed by atoms with E-state index in [1.54, 1.807) is 0 Å². The fraction of sp³-hybridized carbons (Fsp3) is 1.00. The van der Waals surface area contributed by atoms with Crippen molar-refractivity contribution in [1.29, 1.82) is 0 Å². The average Bonchev–Trinajstić information content (AvgIpc) is 2.47. The summed E-state index contributed by atoms with van der Waals surface area (Å²) in [6, 6.07) is 0. The molecule has 1 rings (SSSR count). The first-order valence-electron chi connectivity index (χ1n) is 6.62. The number of aliphatic hydroxyl groups is 4. The van der Waals surface area contributed by atoms with E-state index in [4.69, 9.17) is 39.4 Å². The number of rotatable bonds is 10. The molecule has 4 N–H and O–H groups in total. The fourth-order valence-electron chi connectivity index (χ4n) is 1.63. The van der Waals surface area contributed by atoms with Crippen molar-refractivity contribution >= 4 is 0 Å². The Morgan fingerprint density at radius 1 is 0.900 bits per heavy atom. The van der Waals surface area contributed by atoms with Crippen LogP contribution in [0.4, 0.5) is 0 Å². The standard InChI is InChI=1S/C12H24O8/c13-1-9(15)3-17-5-11-7-19-8-12(20-11)6-18-4-10(16)2-14/h9-16H,1-8H2. The molecule has 0 aromatic rings. The highest BCUT2D eigenvalue weighted by Crippen LogP contribution is 2.09. The van der Waals surface area contributed by atoms with Gasteiger partial charge in [-0.25, -0.2) is 0 Å². The summed E-state index contributed by atoms with van der Waals surface area (Å²) < 4.78 is 21.4. The summed E-state index contributed by atoms with van der Waals surface area (Å²) >= 11 is 0. The molecule has 8 heteroatoms. The van der Waals surface area contributed by atoms with Crippen molar-refractivity contribution in [2.45, 2.75) is 24.4 Å². The van der Waals surface area contributed by atoms with Crippen LogP contribution in [0.5, 0.6) is 0 Å². The molecule has 1 aliphatic rings. The molecule has 120 valence electrons. The normalized spacial score (nSPS) is 26.4. The second-order valence-corrected chi connectivity index (χ2v) is 4.67. The highest BCUT2D eigenvalue weighted by molar-refractivity contribution is 4.68. The van der Waals surface area contributed by atoms with Gasteiger partial charge in [-0.15, -0.1) is 0 Å². The van der Waals surface area contributed by atoms with Crippen LogP contribution in [-0.4, -0.2) is 97.7 Å². The first-order chi connectivity index (χ1) is 9.65. The van der Waals surface area contributed by atoms with Crippen LogP contribution in [-0.2, 0) is 18.9 Å². The third kappa shape index (κ3) is 7.46. The molecule has 0 saturated carbocycles. The Labute approximate surface area is 117 Å². The molecule has 4 unspecified atom stereocenters. The van der Waals surface area contributed by atoms with Crippen molar-refractivity contribution in [3.8, 4) is 0 Å². The van der Waals surface area contributed by atoms with Gasteiger partial charge in [-0.2, -0.15) is 0 Å². The topological polar surface area (TPSA) is 118 Å². The van der Waals surface area contributed by atoms with Crippen molar-refractivity contribution in [2.24, 2.45) is 0 Å². The average molecular weight is 296 g/mol. The molecule has 4 atom stereocenters. The van der Waals surface area contributed by atoms with Gasteiger partial charge in [-0.05, 0) is 0 Å². The molecule has 0 bridgehead atoms. The van der Waals surface area contributed by atoms with Gasteiger partial charge in [0.1, 0.15) is 24.4 Å². The van der Waals surface area contributed by atoms with Gasteiger partial charge in [0, 0.05) is 0 Å². The van der Waals surface area contributed by atoms with E-state index in [-0.39, 0.29) is 51.8 Å². The maximum atomic E-state index is 9.12. The van der Waals surface area contributed by atoms with Crippen LogP contribution in [0.3, 0.4) is 0 Å². The molecular weight excluding hydrogens is 272 g/mol. The monoisotopic (exact) mass is 296 g/mol. The lowest BCUT2D eigenvalue weighted by molar-refractivity contribution is -0.178. The maximum Gasteiger partial charge on any atom is 0.105 e. The minimum Gasteiger partial charge on any atom is -0.394 e. The van der Waals surface area contributed by atoms with E-state index in [2.05, 4.69) is 0 Å². The molecule has 0 aromatic carbocycles. The largest absolute Gasteiger partial charge is 0.394 e. The first-order valence-corrected chi connectivity index (χ1v) is 6.62. The van der Waals surface area contributed by atoms with Crippen LogP contribution in [0, 0.1) is 0 Å². The zero-order chi connectivity index (χ0) is 14.8. The van der Waals surface area contributed by atoms with Gasteiger partial charge < -0.3 is 39.4 Å². The lowest BCUT2D eigenvalue weighted by Gasteiger charge is -2.30. The molecule has 0 aliphatic carbocycles. The van der Waals surface area contributed by atoms with E-state index < -0.39 is 12.2 Å². The van der Waals surface area contributed by atoms with Crippen LogP contribution >= 0.6 is 0 Å². The molecule has 1 fully saturated rings. The van der Waals surface area contributed by atoms with Crippen LogP contribution in [0.25, 0.3) is 0 Å². The SMILES string of the molecule is OCC(O)COCC1COCC(COCC(O)CO)O1. The molecule has 1 aliphatic heterocycles. The zero-order valence-corrected chi connectivity index (χ0v) is 11.4. The smallest absolute Gasteiger partial charge is 0.105 e. The summed E-state index contributed by atoms with van der Waals surface area (Å²) in [6.45, 7) is 0.702. The summed E-state index contributed by atoms with van der Waals surface area (Å²) in [5.74, 6) is 0. The van der Waals surface area contributed by atoms with Crippen molar-refractivity contribution < 1.29 is 39.4 Å². The molecule has 8 nitrogen and oxygen atoms in total. The molecule has 0 spiro atoms. The predicted octanol–water partition coefficient (Wildman–Crippen LogP) is -2.49. The molecular formula is C12H24O8. The zero-order valence-electron chi connectivity index (χ0n) is 11.4. The lowest BCUT2D eigenvalue weighted by atomic mass is 10.3. The van der Waals surface area contributed by atoms with E-state index in [0.29, 0.717) is 13.2 Å². The summed E-state index contributed by atoms with van der Waals surface area (Å²) in [5, 5.41) is 35.5. The fourth-order valence-corrected chi connectivity index (χ4v) is 1.63. The Hall–Kier alpha value is -0.320. The maximum absolute atomic E-state index is 9.12. The van der Waals surface area contributed by atoms with Crippen LogP contribution in [0.1, 0.15) is 0 Å². The minimum atomic E-state index is -0.890. The second kappa shape index (κ2) is 10.4. The van der Waals surface area contributed by atoms with Gasteiger partial charge in [-0.3, -0.25) is 0 Å². The number of hydrogen-bond acceptors (Lipinski definition) is 8. The molecule has 1 heterocycles. The van der Waals surface area contributed by atoms with Crippen molar-refractivity contribution in [2.75, 3.05) is 52.9 Å². The number of hydrogen-bond donors (Lipinski definition) is 4. The predicted molar refractivity (Wildman–Crippen MR) is 67.3 cm³/mol. The summed E-state index contributed by atoms with van der Waals surface area (Å²) in [5.41, 5.74) is 0. The van der Waals surface area contributed by atoms with Gasteiger partial charge in [-0.1, -0.05) is 0 Å². The third-order valence-corrected chi connectivity index (χ3v) is 2.64.